The summed E-state index contributed by atoms with van der Waals surface area (Å²) in [5, 5.41) is 0. The van der Waals surface area contributed by atoms with E-state index >= 15 is 0 Å². The molecular weight excluding hydrogens is 182 g/mol. The molecule has 1 spiro atoms. The van der Waals surface area contributed by atoms with Crippen molar-refractivity contribution in [3.05, 3.63) is 12.3 Å². The van der Waals surface area contributed by atoms with Crippen molar-refractivity contribution in [3.8, 4) is 0 Å². The smallest absolute Gasteiger partial charge is 0.0232 e. The van der Waals surface area contributed by atoms with E-state index in [9.17, 15) is 0 Å². The Bertz CT molecular complexity index is 248. The molecule has 1 saturated heterocycles. The minimum atomic E-state index is 0.613. The Balaban J connectivity index is 1.88. The van der Waals surface area contributed by atoms with Gasteiger partial charge in [-0.05, 0) is 36.5 Å². The van der Waals surface area contributed by atoms with Gasteiger partial charge in [-0.2, -0.15) is 0 Å². The summed E-state index contributed by atoms with van der Waals surface area (Å²) in [4.78, 5) is 2.54. The van der Waals surface area contributed by atoms with E-state index in [-0.39, 0.29) is 0 Å². The first-order valence-corrected chi connectivity index (χ1v) is 6.50. The van der Waals surface area contributed by atoms with Crippen molar-refractivity contribution < 1.29 is 0 Å². The van der Waals surface area contributed by atoms with Crippen molar-refractivity contribution in [2.24, 2.45) is 17.3 Å². The van der Waals surface area contributed by atoms with Crippen LogP contribution in [0.25, 0.3) is 0 Å². The lowest BCUT2D eigenvalue weighted by Gasteiger charge is -2.45. The standard InChI is InChI=1S/C14H25N/c1-5-13-8-14(9-13)6-7-15(10-14)12(4)11(2)3/h11,13H,4-10H2,1-3H3. The minimum Gasteiger partial charge on any atom is -0.375 e. The second kappa shape index (κ2) is 3.84. The highest BCUT2D eigenvalue weighted by Gasteiger charge is 2.47. The molecule has 86 valence electrons. The van der Waals surface area contributed by atoms with Crippen molar-refractivity contribution >= 4 is 0 Å². The molecule has 1 heterocycles. The van der Waals surface area contributed by atoms with Crippen LogP contribution in [0, 0.1) is 17.3 Å². The maximum atomic E-state index is 4.23. The fourth-order valence-electron chi connectivity index (χ4n) is 3.33. The molecule has 0 bridgehead atoms. The molecule has 2 rings (SSSR count). The number of hydrogen-bond acceptors (Lipinski definition) is 1. The highest BCUT2D eigenvalue weighted by atomic mass is 15.2. The summed E-state index contributed by atoms with van der Waals surface area (Å²) < 4.78 is 0. The molecule has 0 aromatic carbocycles. The number of rotatable bonds is 3. The zero-order valence-corrected chi connectivity index (χ0v) is 10.6. The molecule has 0 aromatic heterocycles. The van der Waals surface area contributed by atoms with Gasteiger partial charge in [0.25, 0.3) is 0 Å². The van der Waals surface area contributed by atoms with Crippen LogP contribution in [0.3, 0.4) is 0 Å². The number of hydrogen-bond donors (Lipinski definition) is 0. The molecule has 0 unspecified atom stereocenters. The van der Waals surface area contributed by atoms with E-state index in [1.165, 1.54) is 44.5 Å². The van der Waals surface area contributed by atoms with Crippen molar-refractivity contribution in [1.29, 1.82) is 0 Å². The Morgan fingerprint density at radius 1 is 1.47 bits per heavy atom. The summed E-state index contributed by atoms with van der Waals surface area (Å²) in [6.07, 6.45) is 5.75. The van der Waals surface area contributed by atoms with Crippen LogP contribution in [0.5, 0.6) is 0 Å². The Morgan fingerprint density at radius 2 is 2.13 bits per heavy atom. The van der Waals surface area contributed by atoms with E-state index in [0.717, 1.165) is 5.92 Å². The van der Waals surface area contributed by atoms with Crippen LogP contribution >= 0.6 is 0 Å². The molecule has 0 atom stereocenters. The van der Waals surface area contributed by atoms with Gasteiger partial charge in [0, 0.05) is 18.8 Å². The van der Waals surface area contributed by atoms with Crippen LogP contribution < -0.4 is 0 Å². The van der Waals surface area contributed by atoms with Crippen molar-refractivity contribution in [1.82, 2.24) is 4.90 Å². The topological polar surface area (TPSA) is 3.24 Å². The molecule has 0 N–H and O–H groups in total. The van der Waals surface area contributed by atoms with Crippen molar-refractivity contribution in [3.63, 3.8) is 0 Å². The van der Waals surface area contributed by atoms with Crippen LogP contribution in [0.4, 0.5) is 0 Å². The van der Waals surface area contributed by atoms with Crippen molar-refractivity contribution in [2.75, 3.05) is 13.1 Å². The lowest BCUT2D eigenvalue weighted by Crippen LogP contribution is -2.39. The summed E-state index contributed by atoms with van der Waals surface area (Å²) in [6.45, 7) is 13.6. The monoisotopic (exact) mass is 207 g/mol. The Hall–Kier alpha value is -0.460. The third-order valence-electron chi connectivity index (χ3n) is 4.53. The summed E-state index contributed by atoms with van der Waals surface area (Å²) >= 11 is 0. The molecule has 15 heavy (non-hydrogen) atoms. The largest absolute Gasteiger partial charge is 0.375 e. The molecule has 1 aliphatic heterocycles. The van der Waals surface area contributed by atoms with Crippen LogP contribution in [0.2, 0.25) is 0 Å². The van der Waals surface area contributed by atoms with Crippen molar-refractivity contribution in [2.45, 2.75) is 46.5 Å². The van der Waals surface area contributed by atoms with E-state index in [1.807, 2.05) is 0 Å². The molecule has 1 nitrogen and oxygen atoms in total. The third kappa shape index (κ3) is 1.93. The Labute approximate surface area is 94.5 Å². The predicted molar refractivity (Wildman–Crippen MR) is 65.6 cm³/mol. The van der Waals surface area contributed by atoms with Crippen LogP contribution in [-0.2, 0) is 0 Å². The summed E-state index contributed by atoms with van der Waals surface area (Å²) in [7, 11) is 0. The molecule has 1 saturated carbocycles. The average molecular weight is 207 g/mol. The van der Waals surface area contributed by atoms with Crippen LogP contribution in [0.1, 0.15) is 46.5 Å². The maximum Gasteiger partial charge on any atom is 0.0232 e. The van der Waals surface area contributed by atoms with E-state index in [2.05, 4.69) is 32.3 Å². The van der Waals surface area contributed by atoms with E-state index in [0.29, 0.717) is 11.3 Å². The second-order valence-corrected chi connectivity index (χ2v) is 6.00. The van der Waals surface area contributed by atoms with E-state index in [4.69, 9.17) is 0 Å². The molecule has 0 amide bonds. The lowest BCUT2D eigenvalue weighted by atomic mass is 9.61. The molecule has 1 heteroatoms. The first kappa shape index (κ1) is 11.0. The number of allylic oxidation sites excluding steroid dienone is 1. The van der Waals surface area contributed by atoms with Gasteiger partial charge in [0.1, 0.15) is 0 Å². The van der Waals surface area contributed by atoms with Gasteiger partial charge < -0.3 is 4.90 Å². The van der Waals surface area contributed by atoms with E-state index < -0.39 is 0 Å². The number of nitrogens with zero attached hydrogens (tertiary/aromatic N) is 1. The summed E-state index contributed by atoms with van der Waals surface area (Å²) in [5.41, 5.74) is 2.05. The molecule has 2 fully saturated rings. The summed E-state index contributed by atoms with van der Waals surface area (Å²) in [6, 6.07) is 0. The normalized spacial score (nSPS) is 34.9. The van der Waals surface area contributed by atoms with E-state index in [1.54, 1.807) is 0 Å². The minimum absolute atomic E-state index is 0.613. The zero-order valence-electron chi connectivity index (χ0n) is 10.6. The van der Waals surface area contributed by atoms with Gasteiger partial charge in [-0.1, -0.05) is 33.8 Å². The Kier molecular flexibility index (Phi) is 2.83. The van der Waals surface area contributed by atoms with Crippen LogP contribution in [-0.4, -0.2) is 18.0 Å². The third-order valence-corrected chi connectivity index (χ3v) is 4.53. The SMILES string of the molecule is C=C(C(C)C)N1CCC2(CC(CC)C2)C1. The predicted octanol–water partition coefficient (Wildman–Crippen LogP) is 3.67. The highest BCUT2D eigenvalue weighted by molar-refractivity contribution is 5.07. The maximum absolute atomic E-state index is 4.23. The first-order chi connectivity index (χ1) is 7.06. The second-order valence-electron chi connectivity index (χ2n) is 6.00. The first-order valence-electron chi connectivity index (χ1n) is 6.50. The quantitative estimate of drug-likeness (QED) is 0.682. The highest BCUT2D eigenvalue weighted by Crippen LogP contribution is 2.53. The molecule has 0 aromatic rings. The van der Waals surface area contributed by atoms with Crippen LogP contribution in [0.15, 0.2) is 12.3 Å². The van der Waals surface area contributed by atoms with Gasteiger partial charge in [-0.15, -0.1) is 0 Å². The van der Waals surface area contributed by atoms with Gasteiger partial charge >= 0.3 is 0 Å². The molecule has 2 aliphatic rings. The van der Waals surface area contributed by atoms with Gasteiger partial charge in [-0.25, -0.2) is 0 Å². The lowest BCUT2D eigenvalue weighted by molar-refractivity contribution is 0.0637. The van der Waals surface area contributed by atoms with Gasteiger partial charge in [0.15, 0.2) is 0 Å². The fraction of sp³-hybridized carbons (Fsp3) is 0.857. The Morgan fingerprint density at radius 3 is 2.67 bits per heavy atom. The van der Waals surface area contributed by atoms with Gasteiger partial charge in [0.05, 0.1) is 0 Å². The fourth-order valence-corrected chi connectivity index (χ4v) is 3.33. The van der Waals surface area contributed by atoms with Gasteiger partial charge in [-0.3, -0.25) is 0 Å². The molecular formula is C14H25N. The summed E-state index contributed by atoms with van der Waals surface area (Å²) in [5.74, 6) is 1.64. The average Bonchev–Trinajstić information content (AvgIpc) is 2.58. The number of likely N-dealkylation sites (tertiary alicyclic amines) is 1. The molecule has 1 aliphatic carbocycles. The molecule has 0 radical (unpaired) electrons. The van der Waals surface area contributed by atoms with Gasteiger partial charge in [0.2, 0.25) is 0 Å². The zero-order chi connectivity index (χ0) is 11.1.